The van der Waals surface area contributed by atoms with Crippen LogP contribution in [0.5, 0.6) is 5.75 Å². The summed E-state index contributed by atoms with van der Waals surface area (Å²) in [6.45, 7) is 5.60. The van der Waals surface area contributed by atoms with E-state index in [-0.39, 0.29) is 12.3 Å². The lowest BCUT2D eigenvalue weighted by molar-refractivity contribution is 0.0535. The van der Waals surface area contributed by atoms with Gasteiger partial charge in [-0.25, -0.2) is 4.79 Å². The molecule has 0 unspecified atom stereocenters. The number of halogens is 1. The Balaban J connectivity index is 2.47. The van der Waals surface area contributed by atoms with Crippen LogP contribution in [-0.2, 0) is 4.74 Å². The third-order valence-electron chi connectivity index (χ3n) is 1.90. The molecule has 0 aliphatic rings. The highest BCUT2D eigenvalue weighted by atomic mass is 79.9. The molecule has 0 radical (unpaired) electrons. The van der Waals surface area contributed by atoms with Gasteiger partial charge in [0.25, 0.3) is 0 Å². The molecule has 0 atom stereocenters. The number of rotatable bonds is 1. The minimum absolute atomic E-state index is 0.164. The lowest BCUT2D eigenvalue weighted by Gasteiger charge is -2.18. The second kappa shape index (κ2) is 6.48. The standard InChI is InChI=1S/C14H16BrNO3/c1-14(2,3)19-13(18)16-8-4-5-10-6-7-12(17)11(15)9-10/h6-7,9,17H,8H2,1-3H3,(H,16,18). The van der Waals surface area contributed by atoms with Gasteiger partial charge in [0.05, 0.1) is 11.0 Å². The Hall–Kier alpha value is -1.67. The van der Waals surface area contributed by atoms with Crippen LogP contribution in [0.3, 0.4) is 0 Å². The van der Waals surface area contributed by atoms with E-state index in [0.29, 0.717) is 4.47 Å². The lowest BCUT2D eigenvalue weighted by atomic mass is 10.2. The molecule has 1 amide bonds. The number of carbonyl (C=O) groups is 1. The van der Waals surface area contributed by atoms with E-state index in [0.717, 1.165) is 5.56 Å². The predicted octanol–water partition coefficient (Wildman–Crippen LogP) is 3.03. The van der Waals surface area contributed by atoms with Crippen LogP contribution in [0.15, 0.2) is 22.7 Å². The van der Waals surface area contributed by atoms with E-state index in [1.165, 1.54) is 0 Å². The Morgan fingerprint density at radius 3 is 2.74 bits per heavy atom. The molecule has 0 aliphatic carbocycles. The van der Waals surface area contributed by atoms with Crippen LogP contribution in [0.2, 0.25) is 0 Å². The van der Waals surface area contributed by atoms with Gasteiger partial charge in [0.2, 0.25) is 0 Å². The van der Waals surface area contributed by atoms with Gasteiger partial charge < -0.3 is 15.2 Å². The van der Waals surface area contributed by atoms with Gasteiger partial charge in [-0.3, -0.25) is 0 Å². The Bertz CT molecular complexity index is 524. The van der Waals surface area contributed by atoms with Crippen molar-refractivity contribution in [3.8, 4) is 17.6 Å². The zero-order valence-electron chi connectivity index (χ0n) is 11.1. The largest absolute Gasteiger partial charge is 0.507 e. The number of phenols is 1. The van der Waals surface area contributed by atoms with Crippen LogP contribution in [-0.4, -0.2) is 23.3 Å². The van der Waals surface area contributed by atoms with E-state index in [1.807, 2.05) is 0 Å². The second-order valence-corrected chi connectivity index (χ2v) is 5.68. The maximum atomic E-state index is 11.3. The molecule has 1 rings (SSSR count). The topological polar surface area (TPSA) is 58.6 Å². The fourth-order valence-electron chi connectivity index (χ4n) is 1.16. The Morgan fingerprint density at radius 2 is 2.16 bits per heavy atom. The van der Waals surface area contributed by atoms with Crippen molar-refractivity contribution in [2.24, 2.45) is 0 Å². The molecule has 2 N–H and O–H groups in total. The normalized spacial score (nSPS) is 10.3. The monoisotopic (exact) mass is 325 g/mol. The SMILES string of the molecule is CC(C)(C)OC(=O)NCC#Cc1ccc(O)c(Br)c1. The first-order valence-corrected chi connectivity index (χ1v) is 6.51. The van der Waals surface area contributed by atoms with Crippen molar-refractivity contribution in [3.63, 3.8) is 0 Å². The van der Waals surface area contributed by atoms with Crippen LogP contribution in [0.1, 0.15) is 26.3 Å². The molecule has 4 nitrogen and oxygen atoms in total. The molecule has 102 valence electrons. The third-order valence-corrected chi connectivity index (χ3v) is 2.54. The summed E-state index contributed by atoms with van der Waals surface area (Å²) in [5.41, 5.74) is 0.231. The zero-order chi connectivity index (χ0) is 14.5. The van der Waals surface area contributed by atoms with Gasteiger partial charge in [0.1, 0.15) is 11.4 Å². The van der Waals surface area contributed by atoms with Gasteiger partial charge in [-0.05, 0) is 54.9 Å². The minimum Gasteiger partial charge on any atom is -0.507 e. The molecule has 0 saturated heterocycles. The predicted molar refractivity (Wildman–Crippen MR) is 76.9 cm³/mol. The van der Waals surface area contributed by atoms with Crippen molar-refractivity contribution in [1.82, 2.24) is 5.32 Å². The molecule has 0 heterocycles. The number of alkyl carbamates (subject to hydrolysis) is 1. The van der Waals surface area contributed by atoms with Gasteiger partial charge in [-0.15, -0.1) is 0 Å². The lowest BCUT2D eigenvalue weighted by Crippen LogP contribution is -2.32. The number of ether oxygens (including phenoxy) is 1. The number of nitrogens with one attached hydrogen (secondary N) is 1. The van der Waals surface area contributed by atoms with Crippen molar-refractivity contribution < 1.29 is 14.6 Å². The van der Waals surface area contributed by atoms with Crippen LogP contribution in [0, 0.1) is 11.8 Å². The molecule has 19 heavy (non-hydrogen) atoms. The average molecular weight is 326 g/mol. The first kappa shape index (κ1) is 15.4. The molecule has 0 bridgehead atoms. The summed E-state index contributed by atoms with van der Waals surface area (Å²) in [5, 5.41) is 11.9. The Kier molecular flexibility index (Phi) is 5.25. The summed E-state index contributed by atoms with van der Waals surface area (Å²) in [4.78, 5) is 11.3. The molecule has 0 saturated carbocycles. The number of hydrogen-bond donors (Lipinski definition) is 2. The fraction of sp³-hybridized carbons (Fsp3) is 0.357. The maximum Gasteiger partial charge on any atom is 0.408 e. The number of benzene rings is 1. The molecular formula is C14H16BrNO3. The van der Waals surface area contributed by atoms with Gasteiger partial charge in [0.15, 0.2) is 0 Å². The number of amides is 1. The van der Waals surface area contributed by atoms with Crippen molar-refractivity contribution in [2.75, 3.05) is 6.54 Å². The first-order chi connectivity index (χ1) is 8.78. The van der Waals surface area contributed by atoms with Crippen LogP contribution < -0.4 is 5.32 Å². The molecular weight excluding hydrogens is 310 g/mol. The van der Waals surface area contributed by atoms with Crippen LogP contribution in [0.25, 0.3) is 0 Å². The number of hydrogen-bond acceptors (Lipinski definition) is 3. The highest BCUT2D eigenvalue weighted by molar-refractivity contribution is 9.10. The van der Waals surface area contributed by atoms with Gasteiger partial charge in [-0.1, -0.05) is 11.8 Å². The molecule has 1 aromatic rings. The van der Waals surface area contributed by atoms with Crippen molar-refractivity contribution in [1.29, 1.82) is 0 Å². The highest BCUT2D eigenvalue weighted by Gasteiger charge is 2.14. The molecule has 0 spiro atoms. The van der Waals surface area contributed by atoms with E-state index in [2.05, 4.69) is 33.1 Å². The average Bonchev–Trinajstić information content (AvgIpc) is 2.27. The maximum absolute atomic E-state index is 11.3. The van der Waals surface area contributed by atoms with E-state index in [1.54, 1.807) is 39.0 Å². The summed E-state index contributed by atoms with van der Waals surface area (Å²) in [6.07, 6.45) is -0.492. The third kappa shape index (κ3) is 6.16. The summed E-state index contributed by atoms with van der Waals surface area (Å²) in [5.74, 6) is 5.83. The van der Waals surface area contributed by atoms with E-state index < -0.39 is 11.7 Å². The van der Waals surface area contributed by atoms with Crippen LogP contribution in [0.4, 0.5) is 4.79 Å². The van der Waals surface area contributed by atoms with Gasteiger partial charge in [0, 0.05) is 5.56 Å². The summed E-state index contributed by atoms with van der Waals surface area (Å²) in [7, 11) is 0. The first-order valence-electron chi connectivity index (χ1n) is 5.72. The van der Waals surface area contributed by atoms with Gasteiger partial charge >= 0.3 is 6.09 Å². The van der Waals surface area contributed by atoms with E-state index >= 15 is 0 Å². The van der Waals surface area contributed by atoms with E-state index in [4.69, 9.17) is 4.74 Å². The fourth-order valence-corrected chi connectivity index (χ4v) is 1.54. The molecule has 5 heteroatoms. The molecule has 0 aromatic heterocycles. The summed E-state index contributed by atoms with van der Waals surface area (Å²) >= 11 is 3.20. The highest BCUT2D eigenvalue weighted by Crippen LogP contribution is 2.23. The van der Waals surface area contributed by atoms with Crippen molar-refractivity contribution >= 4 is 22.0 Å². The van der Waals surface area contributed by atoms with Crippen LogP contribution >= 0.6 is 15.9 Å². The smallest absolute Gasteiger partial charge is 0.408 e. The van der Waals surface area contributed by atoms with Crippen molar-refractivity contribution in [3.05, 3.63) is 28.2 Å². The number of aromatic hydroxyl groups is 1. The molecule has 0 aliphatic heterocycles. The number of carbonyl (C=O) groups excluding carboxylic acids is 1. The minimum atomic E-state index is -0.515. The number of phenolic OH excluding ortho intramolecular Hbond substituents is 1. The molecule has 0 fully saturated rings. The molecule has 1 aromatic carbocycles. The second-order valence-electron chi connectivity index (χ2n) is 4.82. The zero-order valence-corrected chi connectivity index (χ0v) is 12.7. The van der Waals surface area contributed by atoms with E-state index in [9.17, 15) is 9.90 Å². The van der Waals surface area contributed by atoms with Gasteiger partial charge in [-0.2, -0.15) is 0 Å². The van der Waals surface area contributed by atoms with Crippen molar-refractivity contribution in [2.45, 2.75) is 26.4 Å². The quantitative estimate of drug-likeness (QED) is 0.780. The Labute approximate surface area is 121 Å². The summed E-state index contributed by atoms with van der Waals surface area (Å²) in [6, 6.07) is 4.95. The summed E-state index contributed by atoms with van der Waals surface area (Å²) < 4.78 is 5.65. The Morgan fingerprint density at radius 1 is 1.47 bits per heavy atom.